The minimum absolute atomic E-state index is 0.457. The highest BCUT2D eigenvalue weighted by molar-refractivity contribution is 6.16. The summed E-state index contributed by atoms with van der Waals surface area (Å²) in [5.41, 5.74) is 3.08. The molecule has 0 aliphatic rings. The van der Waals surface area contributed by atoms with Crippen molar-refractivity contribution in [3.63, 3.8) is 0 Å². The fourth-order valence-electron chi connectivity index (χ4n) is 2.85. The smallest absolute Gasteiger partial charge is 0.158 e. The molecule has 2 heterocycles. The summed E-state index contributed by atoms with van der Waals surface area (Å²) >= 11 is 6.08. The van der Waals surface area contributed by atoms with Gasteiger partial charge in [0.1, 0.15) is 11.3 Å². The molecule has 5 heteroatoms. The summed E-state index contributed by atoms with van der Waals surface area (Å²) in [7, 11) is 1.98. The van der Waals surface area contributed by atoms with Crippen LogP contribution in [0.15, 0.2) is 0 Å². The van der Waals surface area contributed by atoms with Crippen LogP contribution in [-0.2, 0) is 19.5 Å². The standard InChI is InChI=1S/C15H25ClN4/c1-5-7-8-12(6-2)10-20-13(9-16)17-14-11(3)18-19(4)15(14)20/h12H,5-10H2,1-4H3. The summed E-state index contributed by atoms with van der Waals surface area (Å²) in [6.45, 7) is 7.51. The third-order valence-corrected chi connectivity index (χ3v) is 4.31. The minimum Gasteiger partial charge on any atom is -0.312 e. The third kappa shape index (κ3) is 2.85. The van der Waals surface area contributed by atoms with Crippen molar-refractivity contribution in [3.05, 3.63) is 11.5 Å². The molecular weight excluding hydrogens is 272 g/mol. The number of imidazole rings is 1. The summed E-state index contributed by atoms with van der Waals surface area (Å²) in [4.78, 5) is 4.67. The molecule has 0 spiro atoms. The Morgan fingerprint density at radius 2 is 2.05 bits per heavy atom. The molecule has 0 fully saturated rings. The van der Waals surface area contributed by atoms with Crippen molar-refractivity contribution in [3.8, 4) is 0 Å². The fraction of sp³-hybridized carbons (Fsp3) is 0.733. The maximum atomic E-state index is 6.08. The number of unbranched alkanes of at least 4 members (excludes halogenated alkanes) is 1. The van der Waals surface area contributed by atoms with Crippen molar-refractivity contribution >= 4 is 22.8 Å². The van der Waals surface area contributed by atoms with Gasteiger partial charge >= 0.3 is 0 Å². The summed E-state index contributed by atoms with van der Waals surface area (Å²) in [5, 5.41) is 4.47. The normalized spacial score (nSPS) is 13.2. The second-order valence-electron chi connectivity index (χ2n) is 5.57. The molecule has 0 aliphatic carbocycles. The highest BCUT2D eigenvalue weighted by atomic mass is 35.5. The number of aryl methyl sites for hydroxylation is 2. The number of aromatic nitrogens is 4. The van der Waals surface area contributed by atoms with Crippen LogP contribution in [0.1, 0.15) is 51.0 Å². The Hall–Kier alpha value is -1.03. The number of halogens is 1. The van der Waals surface area contributed by atoms with Crippen LogP contribution in [0.2, 0.25) is 0 Å². The van der Waals surface area contributed by atoms with Gasteiger partial charge in [-0.2, -0.15) is 5.10 Å². The topological polar surface area (TPSA) is 35.6 Å². The van der Waals surface area contributed by atoms with Crippen molar-refractivity contribution < 1.29 is 0 Å². The lowest BCUT2D eigenvalue weighted by atomic mass is 9.99. The lowest BCUT2D eigenvalue weighted by Crippen LogP contribution is -2.14. The predicted octanol–water partition coefficient (Wildman–Crippen LogP) is 4.03. The Balaban J connectivity index is 2.36. The maximum Gasteiger partial charge on any atom is 0.158 e. The van der Waals surface area contributed by atoms with E-state index in [1.54, 1.807) is 0 Å². The Labute approximate surface area is 126 Å². The number of nitrogens with zero attached hydrogens (tertiary/aromatic N) is 4. The average molecular weight is 297 g/mol. The van der Waals surface area contributed by atoms with E-state index in [9.17, 15) is 0 Å². The molecular formula is C15H25ClN4. The zero-order valence-corrected chi connectivity index (χ0v) is 13.7. The number of alkyl halides is 1. The molecule has 112 valence electrons. The maximum absolute atomic E-state index is 6.08. The van der Waals surface area contributed by atoms with Crippen molar-refractivity contribution in [1.29, 1.82) is 0 Å². The van der Waals surface area contributed by atoms with Gasteiger partial charge < -0.3 is 4.57 Å². The van der Waals surface area contributed by atoms with Crippen molar-refractivity contribution in [2.75, 3.05) is 0 Å². The first-order valence-corrected chi connectivity index (χ1v) is 8.10. The second-order valence-corrected chi connectivity index (χ2v) is 5.84. The van der Waals surface area contributed by atoms with E-state index in [2.05, 4.69) is 28.5 Å². The van der Waals surface area contributed by atoms with Gasteiger partial charge in [0.15, 0.2) is 5.65 Å². The van der Waals surface area contributed by atoms with E-state index in [1.165, 1.54) is 25.7 Å². The zero-order chi connectivity index (χ0) is 14.7. The van der Waals surface area contributed by atoms with E-state index in [-0.39, 0.29) is 0 Å². The van der Waals surface area contributed by atoms with Gasteiger partial charge in [0.2, 0.25) is 0 Å². The third-order valence-electron chi connectivity index (χ3n) is 4.07. The lowest BCUT2D eigenvalue weighted by molar-refractivity contribution is 0.388. The first-order chi connectivity index (χ1) is 9.62. The van der Waals surface area contributed by atoms with Gasteiger partial charge in [0.25, 0.3) is 0 Å². The first-order valence-electron chi connectivity index (χ1n) is 7.56. The highest BCUT2D eigenvalue weighted by Gasteiger charge is 2.19. The molecule has 0 aliphatic heterocycles. The van der Waals surface area contributed by atoms with Crippen LogP contribution in [0.5, 0.6) is 0 Å². The molecule has 1 atom stereocenters. The van der Waals surface area contributed by atoms with E-state index >= 15 is 0 Å². The van der Waals surface area contributed by atoms with Crippen LogP contribution in [0.3, 0.4) is 0 Å². The van der Waals surface area contributed by atoms with Crippen LogP contribution in [-0.4, -0.2) is 19.3 Å². The van der Waals surface area contributed by atoms with E-state index < -0.39 is 0 Å². The van der Waals surface area contributed by atoms with E-state index in [1.807, 2.05) is 18.7 Å². The molecule has 20 heavy (non-hydrogen) atoms. The Morgan fingerprint density at radius 3 is 2.65 bits per heavy atom. The monoisotopic (exact) mass is 296 g/mol. The Kier molecular flexibility index (Phi) is 5.08. The molecule has 1 unspecified atom stereocenters. The summed E-state index contributed by atoms with van der Waals surface area (Å²) < 4.78 is 4.20. The molecule has 2 aromatic heterocycles. The SMILES string of the molecule is CCCCC(CC)Cn1c(CCl)nc2c(C)nn(C)c21. The van der Waals surface area contributed by atoms with Gasteiger partial charge in [0, 0.05) is 13.6 Å². The molecule has 0 saturated heterocycles. The molecule has 2 rings (SSSR count). The molecule has 2 aromatic rings. The zero-order valence-electron chi connectivity index (χ0n) is 13.0. The largest absolute Gasteiger partial charge is 0.312 e. The second kappa shape index (κ2) is 6.61. The molecule has 0 bridgehead atoms. The van der Waals surface area contributed by atoms with Gasteiger partial charge in [-0.3, -0.25) is 4.68 Å². The van der Waals surface area contributed by atoms with Gasteiger partial charge in [-0.1, -0.05) is 33.1 Å². The fourth-order valence-corrected chi connectivity index (χ4v) is 3.05. The highest BCUT2D eigenvalue weighted by Crippen LogP contribution is 2.24. The Morgan fingerprint density at radius 1 is 1.30 bits per heavy atom. The number of hydrogen-bond donors (Lipinski definition) is 0. The number of hydrogen-bond acceptors (Lipinski definition) is 2. The summed E-state index contributed by atoms with van der Waals surface area (Å²) in [6, 6.07) is 0. The quantitative estimate of drug-likeness (QED) is 0.723. The van der Waals surface area contributed by atoms with Crippen molar-refractivity contribution in [2.24, 2.45) is 13.0 Å². The van der Waals surface area contributed by atoms with Crippen LogP contribution in [0.25, 0.3) is 11.2 Å². The van der Waals surface area contributed by atoms with E-state index in [0.717, 1.165) is 29.2 Å². The van der Waals surface area contributed by atoms with E-state index in [0.29, 0.717) is 11.8 Å². The van der Waals surface area contributed by atoms with Crippen LogP contribution in [0.4, 0.5) is 0 Å². The molecule has 4 nitrogen and oxygen atoms in total. The summed E-state index contributed by atoms with van der Waals surface area (Å²) in [6.07, 6.45) is 5.00. The van der Waals surface area contributed by atoms with Gasteiger partial charge in [0.05, 0.1) is 11.6 Å². The summed E-state index contributed by atoms with van der Waals surface area (Å²) in [5.74, 6) is 2.11. The molecule has 0 aromatic carbocycles. The first kappa shape index (κ1) is 15.4. The average Bonchev–Trinajstić information content (AvgIpc) is 2.93. The van der Waals surface area contributed by atoms with Crippen LogP contribution < -0.4 is 0 Å². The van der Waals surface area contributed by atoms with Gasteiger partial charge in [-0.25, -0.2) is 4.98 Å². The minimum atomic E-state index is 0.457. The number of fused-ring (bicyclic) bond motifs is 1. The molecule has 0 radical (unpaired) electrons. The van der Waals surface area contributed by atoms with Crippen molar-refractivity contribution in [1.82, 2.24) is 19.3 Å². The lowest BCUT2D eigenvalue weighted by Gasteiger charge is -2.17. The van der Waals surface area contributed by atoms with E-state index in [4.69, 9.17) is 11.6 Å². The van der Waals surface area contributed by atoms with Crippen LogP contribution >= 0.6 is 11.6 Å². The molecule has 0 amide bonds. The van der Waals surface area contributed by atoms with Gasteiger partial charge in [-0.05, 0) is 19.3 Å². The Bertz CT molecular complexity index is 570. The predicted molar refractivity (Wildman–Crippen MR) is 84.1 cm³/mol. The van der Waals surface area contributed by atoms with Crippen molar-refractivity contribution in [2.45, 2.75) is 58.9 Å². The molecule has 0 N–H and O–H groups in total. The van der Waals surface area contributed by atoms with Gasteiger partial charge in [-0.15, -0.1) is 11.6 Å². The number of rotatable bonds is 7. The van der Waals surface area contributed by atoms with Crippen LogP contribution in [0, 0.1) is 12.8 Å². The molecule has 0 saturated carbocycles.